The monoisotopic (exact) mass is 321 g/mol. The van der Waals surface area contributed by atoms with Gasteiger partial charge in [-0.05, 0) is 59.0 Å². The Balaban J connectivity index is 2.07. The molecule has 128 valence electrons. The molecular formula is C17H27N3O3. The van der Waals surface area contributed by atoms with Crippen LogP contribution in [0.2, 0.25) is 0 Å². The average molecular weight is 321 g/mol. The summed E-state index contributed by atoms with van der Waals surface area (Å²) in [6.07, 6.45) is 0.616. The van der Waals surface area contributed by atoms with Crippen LogP contribution in [-0.4, -0.2) is 49.9 Å². The molecule has 6 nitrogen and oxygen atoms in total. The molecule has 23 heavy (non-hydrogen) atoms. The molecule has 1 aromatic carbocycles. The van der Waals surface area contributed by atoms with Gasteiger partial charge in [0.05, 0.1) is 12.8 Å². The highest BCUT2D eigenvalue weighted by molar-refractivity contribution is 5.88. The van der Waals surface area contributed by atoms with Crippen LogP contribution in [0.25, 0.3) is 0 Å². The number of rotatable bonds is 4. The second-order valence-corrected chi connectivity index (χ2v) is 6.93. The summed E-state index contributed by atoms with van der Waals surface area (Å²) in [6, 6.07) is 6.09. The number of hydrogen-bond donors (Lipinski definition) is 2. The van der Waals surface area contributed by atoms with E-state index >= 15 is 0 Å². The molecule has 0 aromatic heterocycles. The Hall–Kier alpha value is -1.95. The Bertz CT molecular complexity index is 555. The quantitative estimate of drug-likeness (QED) is 0.892. The molecule has 2 N–H and O–H groups in total. The lowest BCUT2D eigenvalue weighted by molar-refractivity contribution is 0.0635. The normalized spacial score (nSPS) is 18.6. The highest BCUT2D eigenvalue weighted by Crippen LogP contribution is 2.29. The number of nitrogens with zero attached hydrogens (tertiary/aromatic N) is 1. The number of ether oxygens (including phenoxy) is 2. The van der Waals surface area contributed by atoms with Gasteiger partial charge in [-0.15, -0.1) is 0 Å². The van der Waals surface area contributed by atoms with E-state index in [4.69, 9.17) is 9.47 Å². The Labute approximate surface area is 138 Å². The van der Waals surface area contributed by atoms with Crippen LogP contribution in [0, 0.1) is 0 Å². The molecule has 1 unspecified atom stereocenters. The number of benzene rings is 1. The Morgan fingerprint density at radius 2 is 2.09 bits per heavy atom. The van der Waals surface area contributed by atoms with Gasteiger partial charge < -0.3 is 19.7 Å². The Morgan fingerprint density at radius 3 is 2.65 bits per heavy atom. The number of likely N-dealkylation sites (tertiary alicyclic amines) is 1. The van der Waals surface area contributed by atoms with E-state index in [-0.39, 0.29) is 0 Å². The molecule has 1 fully saturated rings. The van der Waals surface area contributed by atoms with E-state index in [1.807, 2.05) is 39.0 Å². The number of anilines is 2. The molecule has 1 aliphatic rings. The first-order valence-corrected chi connectivity index (χ1v) is 7.90. The average Bonchev–Trinajstić information content (AvgIpc) is 2.82. The van der Waals surface area contributed by atoms with Crippen molar-refractivity contribution in [3.63, 3.8) is 0 Å². The molecule has 0 spiro atoms. The molecule has 2 rings (SSSR count). The smallest absolute Gasteiger partial charge is 0.412 e. The molecule has 1 aliphatic heterocycles. The van der Waals surface area contributed by atoms with Gasteiger partial charge in [0.15, 0.2) is 0 Å². The van der Waals surface area contributed by atoms with Gasteiger partial charge in [-0.3, -0.25) is 5.32 Å². The number of carbonyl (C=O) groups excluding carboxylic acids is 1. The van der Waals surface area contributed by atoms with Gasteiger partial charge in [-0.2, -0.15) is 0 Å². The third-order valence-corrected chi connectivity index (χ3v) is 3.60. The Morgan fingerprint density at radius 1 is 1.35 bits per heavy atom. The number of likely N-dealkylation sites (N-methyl/N-ethyl adjacent to an activating group) is 1. The lowest BCUT2D eigenvalue weighted by Gasteiger charge is -2.21. The molecule has 6 heteroatoms. The van der Waals surface area contributed by atoms with Gasteiger partial charge in [-0.25, -0.2) is 4.79 Å². The second kappa shape index (κ2) is 7.08. The van der Waals surface area contributed by atoms with Gasteiger partial charge >= 0.3 is 6.09 Å². The minimum absolute atomic E-state index is 0.419. The van der Waals surface area contributed by atoms with Crippen LogP contribution in [0.4, 0.5) is 16.2 Å². The van der Waals surface area contributed by atoms with Crippen LogP contribution in [-0.2, 0) is 4.74 Å². The number of nitrogens with one attached hydrogen (secondary N) is 2. The number of hydrogen-bond acceptors (Lipinski definition) is 5. The maximum absolute atomic E-state index is 12.0. The van der Waals surface area contributed by atoms with Crippen LogP contribution in [0.15, 0.2) is 18.2 Å². The fourth-order valence-electron chi connectivity index (χ4n) is 2.60. The predicted octanol–water partition coefficient (Wildman–Crippen LogP) is 3.16. The maximum atomic E-state index is 12.0. The van der Waals surface area contributed by atoms with Gasteiger partial charge in [0, 0.05) is 18.3 Å². The molecule has 0 radical (unpaired) electrons. The summed E-state index contributed by atoms with van der Waals surface area (Å²) in [6.45, 7) is 7.60. The van der Waals surface area contributed by atoms with E-state index in [1.165, 1.54) is 0 Å². The van der Waals surface area contributed by atoms with Crippen molar-refractivity contribution in [2.24, 2.45) is 0 Å². The van der Waals surface area contributed by atoms with E-state index in [0.717, 1.165) is 25.2 Å². The highest BCUT2D eigenvalue weighted by atomic mass is 16.6. The van der Waals surface area contributed by atoms with E-state index in [9.17, 15) is 4.79 Å². The zero-order valence-electron chi connectivity index (χ0n) is 14.6. The summed E-state index contributed by atoms with van der Waals surface area (Å²) in [5, 5.41) is 6.25. The summed E-state index contributed by atoms with van der Waals surface area (Å²) < 4.78 is 10.6. The predicted molar refractivity (Wildman–Crippen MR) is 92.4 cm³/mol. The van der Waals surface area contributed by atoms with Crippen molar-refractivity contribution in [1.82, 2.24) is 4.90 Å². The van der Waals surface area contributed by atoms with Gasteiger partial charge in [-0.1, -0.05) is 0 Å². The van der Waals surface area contributed by atoms with Crippen molar-refractivity contribution >= 4 is 17.5 Å². The first-order chi connectivity index (χ1) is 10.8. The largest absolute Gasteiger partial charge is 0.495 e. The lowest BCUT2D eigenvalue weighted by atomic mass is 10.2. The summed E-state index contributed by atoms with van der Waals surface area (Å²) in [5.74, 6) is 0.602. The van der Waals surface area contributed by atoms with Crippen LogP contribution in [0.1, 0.15) is 27.2 Å². The van der Waals surface area contributed by atoms with E-state index in [1.54, 1.807) is 7.11 Å². The van der Waals surface area contributed by atoms with Crippen LogP contribution in [0.3, 0.4) is 0 Å². The number of amides is 1. The molecule has 0 aliphatic carbocycles. The summed E-state index contributed by atoms with van der Waals surface area (Å²) in [7, 11) is 3.69. The van der Waals surface area contributed by atoms with E-state index in [0.29, 0.717) is 17.5 Å². The van der Waals surface area contributed by atoms with Crippen LogP contribution in [0.5, 0.6) is 5.75 Å². The van der Waals surface area contributed by atoms with Gasteiger partial charge in [0.25, 0.3) is 0 Å². The van der Waals surface area contributed by atoms with Crippen molar-refractivity contribution in [3.05, 3.63) is 18.2 Å². The lowest BCUT2D eigenvalue weighted by Crippen LogP contribution is -2.27. The number of carbonyl (C=O) groups is 1. The van der Waals surface area contributed by atoms with E-state index in [2.05, 4.69) is 22.6 Å². The van der Waals surface area contributed by atoms with Crippen molar-refractivity contribution in [1.29, 1.82) is 0 Å². The first-order valence-electron chi connectivity index (χ1n) is 7.90. The molecule has 0 saturated carbocycles. The van der Waals surface area contributed by atoms with E-state index < -0.39 is 11.7 Å². The molecule has 1 atom stereocenters. The maximum Gasteiger partial charge on any atom is 0.412 e. The first kappa shape index (κ1) is 17.4. The topological polar surface area (TPSA) is 62.8 Å². The van der Waals surface area contributed by atoms with Crippen LogP contribution < -0.4 is 15.4 Å². The van der Waals surface area contributed by atoms with Crippen molar-refractivity contribution in [2.75, 3.05) is 37.9 Å². The molecule has 1 amide bonds. The highest BCUT2D eigenvalue weighted by Gasteiger charge is 2.20. The number of methoxy groups -OCH3 is 1. The standard InChI is InChI=1S/C17H27N3O3/c1-17(2,3)23-16(21)19-14-10-12(6-7-15(14)22-5)18-13-8-9-20(4)11-13/h6-7,10,13,18H,8-9,11H2,1-5H3,(H,19,21). The molecule has 1 heterocycles. The SMILES string of the molecule is COc1ccc(NC2CCN(C)C2)cc1NC(=O)OC(C)(C)C. The third-order valence-electron chi connectivity index (χ3n) is 3.60. The minimum atomic E-state index is -0.540. The summed E-state index contributed by atoms with van der Waals surface area (Å²) in [4.78, 5) is 14.3. The summed E-state index contributed by atoms with van der Waals surface area (Å²) in [5.41, 5.74) is 1.01. The third kappa shape index (κ3) is 5.32. The van der Waals surface area contributed by atoms with Crippen LogP contribution >= 0.6 is 0 Å². The van der Waals surface area contributed by atoms with Crippen molar-refractivity contribution in [2.45, 2.75) is 38.8 Å². The van der Waals surface area contributed by atoms with Gasteiger partial charge in [0.1, 0.15) is 11.4 Å². The van der Waals surface area contributed by atoms with Crippen molar-refractivity contribution < 1.29 is 14.3 Å². The Kier molecular flexibility index (Phi) is 5.36. The zero-order chi connectivity index (χ0) is 17.0. The second-order valence-electron chi connectivity index (χ2n) is 6.93. The zero-order valence-corrected chi connectivity index (χ0v) is 14.6. The molecule has 1 aromatic rings. The summed E-state index contributed by atoms with van der Waals surface area (Å²) >= 11 is 0. The van der Waals surface area contributed by atoms with Crippen molar-refractivity contribution in [3.8, 4) is 5.75 Å². The molecule has 0 bridgehead atoms. The minimum Gasteiger partial charge on any atom is -0.495 e. The fourth-order valence-corrected chi connectivity index (χ4v) is 2.60. The molecular weight excluding hydrogens is 294 g/mol. The van der Waals surface area contributed by atoms with Gasteiger partial charge in [0.2, 0.25) is 0 Å². The molecule has 1 saturated heterocycles. The fraction of sp³-hybridized carbons (Fsp3) is 0.588.